The first-order valence-electron chi connectivity index (χ1n) is 8.84. The van der Waals surface area contributed by atoms with Crippen molar-refractivity contribution in [2.75, 3.05) is 19.8 Å². The van der Waals surface area contributed by atoms with Crippen LogP contribution in [0.1, 0.15) is 57.4 Å². The monoisotopic (exact) mass is 306 g/mol. The highest BCUT2D eigenvalue weighted by atomic mass is 16.8. The lowest BCUT2D eigenvalue weighted by Crippen LogP contribution is -2.09. The van der Waals surface area contributed by atoms with E-state index in [4.69, 9.17) is 14.2 Å². The summed E-state index contributed by atoms with van der Waals surface area (Å²) < 4.78 is 16.3. The van der Waals surface area contributed by atoms with Crippen LogP contribution in [0.2, 0.25) is 0 Å². The first-order chi connectivity index (χ1) is 10.9. The van der Waals surface area contributed by atoms with Crippen LogP contribution in [0.5, 0.6) is 5.75 Å². The molecule has 0 N–H and O–H groups in total. The van der Waals surface area contributed by atoms with Gasteiger partial charge in [-0.25, -0.2) is 0 Å². The van der Waals surface area contributed by atoms with Gasteiger partial charge in [-0.1, -0.05) is 63.6 Å². The molecule has 0 spiro atoms. The average molecular weight is 306 g/mol. The van der Waals surface area contributed by atoms with Gasteiger partial charge in [0, 0.05) is 0 Å². The molecule has 1 saturated heterocycles. The summed E-state index contributed by atoms with van der Waals surface area (Å²) in [7, 11) is 0. The van der Waals surface area contributed by atoms with Crippen LogP contribution in [0.15, 0.2) is 24.3 Å². The van der Waals surface area contributed by atoms with E-state index >= 15 is 0 Å². The third-order valence-electron chi connectivity index (χ3n) is 3.97. The number of para-hydroxylation sites is 1. The van der Waals surface area contributed by atoms with Crippen LogP contribution >= 0.6 is 0 Å². The summed E-state index contributed by atoms with van der Waals surface area (Å²) in [6.45, 7) is 4.18. The maximum Gasteiger partial charge on any atom is 0.181 e. The quantitative estimate of drug-likeness (QED) is 0.390. The zero-order valence-corrected chi connectivity index (χ0v) is 13.9. The lowest BCUT2D eigenvalue weighted by Gasteiger charge is -2.11. The summed E-state index contributed by atoms with van der Waals surface area (Å²) in [5.41, 5.74) is 1.32. The molecule has 1 unspecified atom stereocenters. The maximum atomic E-state index is 5.84. The molecule has 1 aliphatic rings. The summed E-state index contributed by atoms with van der Waals surface area (Å²) in [4.78, 5) is 0. The van der Waals surface area contributed by atoms with Crippen LogP contribution in [0.3, 0.4) is 0 Å². The molecule has 3 nitrogen and oxygen atoms in total. The Morgan fingerprint density at radius 3 is 2.50 bits per heavy atom. The van der Waals surface area contributed by atoms with E-state index in [1.54, 1.807) is 0 Å². The van der Waals surface area contributed by atoms with Gasteiger partial charge in [0.2, 0.25) is 0 Å². The van der Waals surface area contributed by atoms with Crippen molar-refractivity contribution in [3.05, 3.63) is 29.8 Å². The molecular formula is C19H30O3. The van der Waals surface area contributed by atoms with E-state index in [1.807, 2.05) is 6.07 Å². The zero-order valence-electron chi connectivity index (χ0n) is 13.9. The second-order valence-electron chi connectivity index (χ2n) is 5.96. The average Bonchev–Trinajstić information content (AvgIpc) is 3.36. The van der Waals surface area contributed by atoms with Crippen LogP contribution in [0.4, 0.5) is 0 Å². The molecule has 1 aliphatic heterocycles. The first-order valence-corrected chi connectivity index (χ1v) is 8.84. The van der Waals surface area contributed by atoms with Gasteiger partial charge in [-0.3, -0.25) is 0 Å². The van der Waals surface area contributed by atoms with Crippen molar-refractivity contribution in [2.24, 2.45) is 0 Å². The van der Waals surface area contributed by atoms with E-state index in [1.165, 1.54) is 50.5 Å². The lowest BCUT2D eigenvalue weighted by atomic mass is 10.0. The van der Waals surface area contributed by atoms with Gasteiger partial charge in [0.1, 0.15) is 19.0 Å². The fraction of sp³-hybridized carbons (Fsp3) is 0.684. The minimum absolute atomic E-state index is 0.0200. The summed E-state index contributed by atoms with van der Waals surface area (Å²) in [6.07, 6.45) is 10.5. The summed E-state index contributed by atoms with van der Waals surface area (Å²) in [5, 5.41) is 0. The minimum Gasteiger partial charge on any atom is -0.491 e. The molecule has 0 amide bonds. The number of ether oxygens (including phenoxy) is 3. The number of epoxide rings is 1. The van der Waals surface area contributed by atoms with Gasteiger partial charge in [-0.15, -0.1) is 0 Å². The third kappa shape index (κ3) is 7.28. The van der Waals surface area contributed by atoms with Crippen molar-refractivity contribution >= 4 is 0 Å². The molecular weight excluding hydrogens is 276 g/mol. The number of unbranched alkanes of at least 4 members (excludes halogenated alkanes) is 6. The molecule has 0 aliphatic carbocycles. The molecule has 1 atom stereocenters. The van der Waals surface area contributed by atoms with Crippen LogP contribution < -0.4 is 4.74 Å². The maximum absolute atomic E-state index is 5.84. The molecule has 124 valence electrons. The molecule has 1 heterocycles. The number of rotatable bonds is 13. The van der Waals surface area contributed by atoms with Crippen LogP contribution in [-0.4, -0.2) is 26.1 Å². The largest absolute Gasteiger partial charge is 0.491 e. The molecule has 2 rings (SSSR count). The molecule has 1 aromatic carbocycles. The van der Waals surface area contributed by atoms with E-state index in [-0.39, 0.29) is 6.29 Å². The van der Waals surface area contributed by atoms with Crippen molar-refractivity contribution in [2.45, 2.75) is 64.6 Å². The zero-order chi connectivity index (χ0) is 15.5. The van der Waals surface area contributed by atoms with E-state index in [2.05, 4.69) is 25.1 Å². The SMILES string of the molecule is CCCCCCCCCc1ccccc1OCCOC1CO1. The fourth-order valence-electron chi connectivity index (χ4n) is 2.59. The Kier molecular flexibility index (Phi) is 8.36. The van der Waals surface area contributed by atoms with Crippen molar-refractivity contribution in [1.82, 2.24) is 0 Å². The highest BCUT2D eigenvalue weighted by molar-refractivity contribution is 5.33. The molecule has 0 aromatic heterocycles. The minimum atomic E-state index is 0.0200. The topological polar surface area (TPSA) is 31.0 Å². The number of aryl methyl sites for hydroxylation is 1. The third-order valence-corrected chi connectivity index (χ3v) is 3.97. The van der Waals surface area contributed by atoms with Crippen LogP contribution in [0.25, 0.3) is 0 Å². The molecule has 0 saturated carbocycles. The normalized spacial score (nSPS) is 16.7. The summed E-state index contributed by atoms with van der Waals surface area (Å²) in [6, 6.07) is 8.37. The molecule has 1 aromatic rings. The predicted octanol–water partition coefficient (Wildman–Crippen LogP) is 4.73. The Bertz CT molecular complexity index is 401. The highest BCUT2D eigenvalue weighted by Crippen LogP contribution is 2.21. The van der Waals surface area contributed by atoms with Gasteiger partial charge in [0.15, 0.2) is 6.29 Å². The predicted molar refractivity (Wildman–Crippen MR) is 89.3 cm³/mol. The second-order valence-corrected chi connectivity index (χ2v) is 5.96. The molecule has 22 heavy (non-hydrogen) atoms. The molecule has 1 fully saturated rings. The Labute approximate surface area is 135 Å². The summed E-state index contributed by atoms with van der Waals surface area (Å²) in [5.74, 6) is 1.01. The van der Waals surface area contributed by atoms with Crippen molar-refractivity contribution in [3.8, 4) is 5.75 Å². The number of hydrogen-bond acceptors (Lipinski definition) is 3. The first kappa shape index (κ1) is 17.3. The van der Waals surface area contributed by atoms with Gasteiger partial charge >= 0.3 is 0 Å². The van der Waals surface area contributed by atoms with Gasteiger partial charge in [0.25, 0.3) is 0 Å². The fourth-order valence-corrected chi connectivity index (χ4v) is 2.59. The highest BCUT2D eigenvalue weighted by Gasteiger charge is 2.22. The standard InChI is InChI=1S/C19H30O3/c1-2-3-4-5-6-7-8-11-17-12-9-10-13-18(17)20-14-15-21-19-16-22-19/h9-10,12-13,19H,2-8,11,14-16H2,1H3. The molecule has 0 radical (unpaired) electrons. The van der Waals surface area contributed by atoms with Gasteiger partial charge < -0.3 is 14.2 Å². The Hall–Kier alpha value is -1.06. The van der Waals surface area contributed by atoms with E-state index < -0.39 is 0 Å². The lowest BCUT2D eigenvalue weighted by molar-refractivity contribution is 0.0322. The Morgan fingerprint density at radius 2 is 1.73 bits per heavy atom. The van der Waals surface area contributed by atoms with Crippen molar-refractivity contribution < 1.29 is 14.2 Å². The van der Waals surface area contributed by atoms with E-state index in [0.717, 1.165) is 18.8 Å². The number of benzene rings is 1. The van der Waals surface area contributed by atoms with Gasteiger partial charge in [-0.2, -0.15) is 0 Å². The smallest absolute Gasteiger partial charge is 0.181 e. The van der Waals surface area contributed by atoms with E-state index in [9.17, 15) is 0 Å². The van der Waals surface area contributed by atoms with Gasteiger partial charge in [-0.05, 0) is 24.5 Å². The molecule has 0 bridgehead atoms. The van der Waals surface area contributed by atoms with Crippen molar-refractivity contribution in [3.63, 3.8) is 0 Å². The van der Waals surface area contributed by atoms with Crippen LogP contribution in [0, 0.1) is 0 Å². The molecule has 3 heteroatoms. The Balaban J connectivity index is 1.59. The number of hydrogen-bond donors (Lipinski definition) is 0. The van der Waals surface area contributed by atoms with E-state index in [0.29, 0.717) is 13.2 Å². The van der Waals surface area contributed by atoms with Crippen molar-refractivity contribution in [1.29, 1.82) is 0 Å². The van der Waals surface area contributed by atoms with Gasteiger partial charge in [0.05, 0.1) is 6.61 Å². The summed E-state index contributed by atoms with van der Waals surface area (Å²) >= 11 is 0. The van der Waals surface area contributed by atoms with Crippen LogP contribution in [-0.2, 0) is 15.9 Å². The second kappa shape index (κ2) is 10.6. The Morgan fingerprint density at radius 1 is 1.00 bits per heavy atom.